The largest absolute Gasteiger partial charge is 0.497 e. The van der Waals surface area contributed by atoms with Gasteiger partial charge in [0.2, 0.25) is 11.8 Å². The van der Waals surface area contributed by atoms with Gasteiger partial charge in [-0.1, -0.05) is 80.0 Å². The number of carbonyl (C=O) groups excluding carboxylic acids is 2. The van der Waals surface area contributed by atoms with Crippen LogP contribution in [0.1, 0.15) is 30.5 Å². The molecule has 178 valence electrons. The van der Waals surface area contributed by atoms with Crippen molar-refractivity contribution in [2.75, 3.05) is 7.11 Å². The Morgan fingerprint density at radius 1 is 0.882 bits per heavy atom. The first-order valence-corrected chi connectivity index (χ1v) is 11.7. The molecule has 3 aromatic carbocycles. The van der Waals surface area contributed by atoms with Gasteiger partial charge in [0.1, 0.15) is 11.8 Å². The lowest BCUT2D eigenvalue weighted by atomic mass is 10.0. The minimum atomic E-state index is -0.661. The number of halogens is 1. The maximum absolute atomic E-state index is 13.5. The summed E-state index contributed by atoms with van der Waals surface area (Å²) >= 11 is 6.05. The summed E-state index contributed by atoms with van der Waals surface area (Å²) in [5.74, 6) is 0.242. The van der Waals surface area contributed by atoms with E-state index in [1.165, 1.54) is 0 Å². The Morgan fingerprint density at radius 3 is 2.09 bits per heavy atom. The predicted molar refractivity (Wildman–Crippen MR) is 136 cm³/mol. The molecule has 0 spiro atoms. The molecule has 0 unspecified atom stereocenters. The van der Waals surface area contributed by atoms with Crippen LogP contribution in [0.2, 0.25) is 5.02 Å². The van der Waals surface area contributed by atoms with E-state index in [4.69, 9.17) is 16.3 Å². The highest BCUT2D eigenvalue weighted by Gasteiger charge is 2.31. The fourth-order valence-corrected chi connectivity index (χ4v) is 3.82. The Balaban J connectivity index is 1.86. The number of benzene rings is 3. The third-order valence-electron chi connectivity index (χ3n) is 5.62. The van der Waals surface area contributed by atoms with Crippen LogP contribution in [0.3, 0.4) is 0 Å². The second kappa shape index (κ2) is 12.2. The molecule has 0 bridgehead atoms. The summed E-state index contributed by atoms with van der Waals surface area (Å²) in [6.07, 6.45) is 0.418. The Labute approximate surface area is 206 Å². The zero-order valence-corrected chi connectivity index (χ0v) is 20.6. The van der Waals surface area contributed by atoms with Crippen molar-refractivity contribution in [1.29, 1.82) is 0 Å². The van der Waals surface area contributed by atoms with E-state index in [2.05, 4.69) is 5.32 Å². The van der Waals surface area contributed by atoms with Gasteiger partial charge in [-0.15, -0.1) is 0 Å². The molecule has 5 nitrogen and oxygen atoms in total. The molecule has 0 radical (unpaired) electrons. The van der Waals surface area contributed by atoms with Crippen LogP contribution in [0.4, 0.5) is 0 Å². The first kappa shape index (κ1) is 25.3. The van der Waals surface area contributed by atoms with E-state index < -0.39 is 6.04 Å². The minimum absolute atomic E-state index is 0.0736. The van der Waals surface area contributed by atoms with Crippen LogP contribution in [-0.2, 0) is 29.1 Å². The van der Waals surface area contributed by atoms with Crippen LogP contribution < -0.4 is 10.1 Å². The number of hydrogen-bond acceptors (Lipinski definition) is 3. The van der Waals surface area contributed by atoms with E-state index in [1.807, 2.05) is 80.6 Å². The van der Waals surface area contributed by atoms with Crippen molar-refractivity contribution in [3.8, 4) is 5.75 Å². The van der Waals surface area contributed by atoms with Gasteiger partial charge in [-0.3, -0.25) is 9.59 Å². The van der Waals surface area contributed by atoms with Crippen molar-refractivity contribution in [3.05, 3.63) is 101 Å². The smallest absolute Gasteiger partial charge is 0.243 e. The van der Waals surface area contributed by atoms with Gasteiger partial charge in [0.05, 0.1) is 7.11 Å². The molecule has 0 aliphatic heterocycles. The average molecular weight is 479 g/mol. The standard InChI is InChI=1S/C28H31ClN2O3/c1-20(2)28(33)31(19-23-9-13-24(29)14-10-23)26(17-21-7-5-4-6-8-21)27(32)30-18-22-11-15-25(34-3)16-12-22/h4-16,20,26H,17-19H2,1-3H3,(H,30,32)/t26-/m1/s1. The first-order chi connectivity index (χ1) is 16.4. The zero-order chi connectivity index (χ0) is 24.5. The lowest BCUT2D eigenvalue weighted by Crippen LogP contribution is -2.51. The van der Waals surface area contributed by atoms with Crippen molar-refractivity contribution < 1.29 is 14.3 Å². The fourth-order valence-electron chi connectivity index (χ4n) is 3.69. The summed E-state index contributed by atoms with van der Waals surface area (Å²) < 4.78 is 5.20. The number of amides is 2. The van der Waals surface area contributed by atoms with Crippen LogP contribution in [0, 0.1) is 5.92 Å². The van der Waals surface area contributed by atoms with Crippen LogP contribution in [-0.4, -0.2) is 29.9 Å². The Morgan fingerprint density at radius 2 is 1.50 bits per heavy atom. The third kappa shape index (κ3) is 7.09. The molecule has 3 rings (SSSR count). The van der Waals surface area contributed by atoms with Gasteiger partial charge in [0, 0.05) is 30.5 Å². The van der Waals surface area contributed by atoms with E-state index >= 15 is 0 Å². The number of nitrogens with zero attached hydrogens (tertiary/aromatic N) is 1. The lowest BCUT2D eigenvalue weighted by molar-refractivity contribution is -0.143. The summed E-state index contributed by atoms with van der Waals surface area (Å²) in [6, 6.07) is 24.0. The highest BCUT2D eigenvalue weighted by atomic mass is 35.5. The summed E-state index contributed by atoms with van der Waals surface area (Å²) in [7, 11) is 1.62. The highest BCUT2D eigenvalue weighted by molar-refractivity contribution is 6.30. The SMILES string of the molecule is COc1ccc(CNC(=O)[C@@H](Cc2ccccc2)N(Cc2ccc(Cl)cc2)C(=O)C(C)C)cc1. The molecule has 0 fully saturated rings. The molecule has 2 amide bonds. The van der Waals surface area contributed by atoms with Crippen molar-refractivity contribution in [2.45, 2.75) is 39.4 Å². The van der Waals surface area contributed by atoms with Gasteiger partial charge in [-0.2, -0.15) is 0 Å². The number of carbonyl (C=O) groups is 2. The second-order valence-electron chi connectivity index (χ2n) is 8.52. The predicted octanol–water partition coefficient (Wildman–Crippen LogP) is 5.26. The van der Waals surface area contributed by atoms with Crippen LogP contribution in [0.5, 0.6) is 5.75 Å². The summed E-state index contributed by atoms with van der Waals surface area (Å²) in [6.45, 7) is 4.39. The molecule has 1 atom stereocenters. The van der Waals surface area contributed by atoms with E-state index in [0.29, 0.717) is 24.5 Å². The Hall–Kier alpha value is -3.31. The monoisotopic (exact) mass is 478 g/mol. The number of rotatable bonds is 10. The van der Waals surface area contributed by atoms with Gasteiger partial charge in [-0.05, 0) is 41.0 Å². The summed E-state index contributed by atoms with van der Waals surface area (Å²) in [5, 5.41) is 3.66. The fraction of sp³-hybridized carbons (Fsp3) is 0.286. The maximum atomic E-state index is 13.5. The van der Waals surface area contributed by atoms with Gasteiger partial charge >= 0.3 is 0 Å². The number of ether oxygens (including phenoxy) is 1. The van der Waals surface area contributed by atoms with Crippen LogP contribution in [0.25, 0.3) is 0 Å². The summed E-state index contributed by atoms with van der Waals surface area (Å²) in [4.78, 5) is 28.5. The molecule has 0 aromatic heterocycles. The molecule has 0 saturated heterocycles. The molecule has 6 heteroatoms. The molecule has 0 aliphatic rings. The van der Waals surface area contributed by atoms with Gasteiger partial charge < -0.3 is 15.0 Å². The van der Waals surface area contributed by atoms with E-state index in [9.17, 15) is 9.59 Å². The number of nitrogens with one attached hydrogen (secondary N) is 1. The average Bonchev–Trinajstić information content (AvgIpc) is 2.86. The quantitative estimate of drug-likeness (QED) is 0.432. The van der Waals surface area contributed by atoms with Gasteiger partial charge in [0.15, 0.2) is 0 Å². The molecule has 0 heterocycles. The van der Waals surface area contributed by atoms with E-state index in [0.717, 1.165) is 22.4 Å². The normalized spacial score (nSPS) is 11.7. The molecule has 34 heavy (non-hydrogen) atoms. The third-order valence-corrected chi connectivity index (χ3v) is 5.87. The van der Waals surface area contributed by atoms with Crippen LogP contribution in [0.15, 0.2) is 78.9 Å². The molecule has 3 aromatic rings. The number of methoxy groups -OCH3 is 1. The van der Waals surface area contributed by atoms with Crippen molar-refractivity contribution >= 4 is 23.4 Å². The van der Waals surface area contributed by atoms with Gasteiger partial charge in [0.25, 0.3) is 0 Å². The molecule has 0 saturated carbocycles. The molecule has 1 N–H and O–H groups in total. The van der Waals surface area contributed by atoms with Crippen molar-refractivity contribution in [1.82, 2.24) is 10.2 Å². The van der Waals surface area contributed by atoms with Crippen molar-refractivity contribution in [2.24, 2.45) is 5.92 Å². The zero-order valence-electron chi connectivity index (χ0n) is 19.8. The highest BCUT2D eigenvalue weighted by Crippen LogP contribution is 2.19. The Bertz CT molecular complexity index is 1070. The second-order valence-corrected chi connectivity index (χ2v) is 8.96. The molecular weight excluding hydrogens is 448 g/mol. The lowest BCUT2D eigenvalue weighted by Gasteiger charge is -2.33. The maximum Gasteiger partial charge on any atom is 0.243 e. The minimum Gasteiger partial charge on any atom is -0.497 e. The number of hydrogen-bond donors (Lipinski definition) is 1. The van der Waals surface area contributed by atoms with E-state index in [-0.39, 0.29) is 17.7 Å². The topological polar surface area (TPSA) is 58.6 Å². The van der Waals surface area contributed by atoms with Gasteiger partial charge in [-0.25, -0.2) is 0 Å². The summed E-state index contributed by atoms with van der Waals surface area (Å²) in [5.41, 5.74) is 2.86. The molecular formula is C28H31ClN2O3. The first-order valence-electron chi connectivity index (χ1n) is 11.4. The molecule has 0 aliphatic carbocycles. The van der Waals surface area contributed by atoms with Crippen molar-refractivity contribution in [3.63, 3.8) is 0 Å². The Kier molecular flexibility index (Phi) is 9.11. The van der Waals surface area contributed by atoms with E-state index in [1.54, 1.807) is 24.1 Å². The van der Waals surface area contributed by atoms with Crippen LogP contribution >= 0.6 is 11.6 Å².